The Bertz CT molecular complexity index is 321. The van der Waals surface area contributed by atoms with Crippen LogP contribution in [0.15, 0.2) is 18.2 Å². The number of ether oxygens (including phenoxy) is 1. The van der Waals surface area contributed by atoms with Gasteiger partial charge in [-0.15, -0.1) is 0 Å². The first-order valence-corrected chi connectivity index (χ1v) is 3.91. The minimum atomic E-state index is -0.121. The van der Waals surface area contributed by atoms with Crippen molar-refractivity contribution in [2.75, 3.05) is 12.4 Å². The average molecular weight is 178 g/mol. The quantitative estimate of drug-likeness (QED) is 0.750. The van der Waals surface area contributed by atoms with Gasteiger partial charge < -0.3 is 10.1 Å². The Morgan fingerprint density at radius 1 is 1.54 bits per heavy atom. The summed E-state index contributed by atoms with van der Waals surface area (Å²) in [5, 5.41) is 2.66. The average Bonchev–Trinajstić information content (AvgIpc) is 2.03. The summed E-state index contributed by atoms with van der Waals surface area (Å²) in [5.74, 6) is 0.520. The molecular weight excluding hydrogens is 166 g/mol. The molecule has 0 aliphatic heterocycles. The lowest BCUT2D eigenvalue weighted by Gasteiger charge is -2.08. The zero-order valence-electron chi connectivity index (χ0n) is 7.76. The van der Waals surface area contributed by atoms with Crippen LogP contribution in [0.2, 0.25) is 0 Å². The van der Waals surface area contributed by atoms with Gasteiger partial charge in [-0.25, -0.2) is 0 Å². The summed E-state index contributed by atoms with van der Waals surface area (Å²) in [6.45, 7) is 5.21. The van der Waals surface area contributed by atoms with Crippen molar-refractivity contribution in [3.63, 3.8) is 0 Å². The van der Waals surface area contributed by atoms with Crippen LogP contribution in [0, 0.1) is 6.92 Å². The van der Waals surface area contributed by atoms with Gasteiger partial charge in [0.2, 0.25) is 5.91 Å². The predicted molar refractivity (Wildman–Crippen MR) is 51.8 cm³/mol. The first-order valence-electron chi connectivity index (χ1n) is 3.91. The van der Waals surface area contributed by atoms with Gasteiger partial charge in [0.25, 0.3) is 0 Å². The summed E-state index contributed by atoms with van der Waals surface area (Å²) in [5.41, 5.74) is 1.49. The van der Waals surface area contributed by atoms with E-state index in [0.29, 0.717) is 11.4 Å². The highest BCUT2D eigenvalue weighted by Crippen LogP contribution is 2.24. The monoisotopic (exact) mass is 178 g/mol. The topological polar surface area (TPSA) is 38.3 Å². The maximum absolute atomic E-state index is 10.8. The molecule has 1 aromatic carbocycles. The van der Waals surface area contributed by atoms with E-state index < -0.39 is 0 Å². The van der Waals surface area contributed by atoms with Gasteiger partial charge in [0.05, 0.1) is 12.8 Å². The van der Waals surface area contributed by atoms with Crippen LogP contribution in [-0.4, -0.2) is 13.0 Å². The van der Waals surface area contributed by atoms with E-state index in [9.17, 15) is 4.79 Å². The lowest BCUT2D eigenvalue weighted by Crippen LogP contribution is -2.07. The lowest BCUT2D eigenvalue weighted by molar-refractivity contribution is -0.114. The molecular formula is C10H12NO2. The van der Waals surface area contributed by atoms with Gasteiger partial charge in [0, 0.05) is 6.92 Å². The molecule has 3 heteroatoms. The summed E-state index contributed by atoms with van der Waals surface area (Å²) in [7, 11) is 1.56. The number of hydrogen-bond acceptors (Lipinski definition) is 2. The summed E-state index contributed by atoms with van der Waals surface area (Å²) in [6.07, 6.45) is 0. The van der Waals surface area contributed by atoms with E-state index >= 15 is 0 Å². The molecule has 1 amide bonds. The highest BCUT2D eigenvalue weighted by Gasteiger charge is 2.03. The third-order valence-electron chi connectivity index (χ3n) is 1.57. The molecule has 0 fully saturated rings. The van der Waals surface area contributed by atoms with Crippen LogP contribution in [0.5, 0.6) is 5.75 Å². The molecule has 13 heavy (non-hydrogen) atoms. The third-order valence-corrected chi connectivity index (χ3v) is 1.57. The number of carbonyl (C=O) groups is 1. The standard InChI is InChI=1S/C10H12NO2/c1-7-4-5-10(13-3)9(6-7)11-8(2)12/h4-6H,1H2,2-3H3,(H,11,12). The first kappa shape index (κ1) is 9.58. The number of anilines is 1. The van der Waals surface area contributed by atoms with E-state index in [1.54, 1.807) is 19.2 Å². The number of rotatable bonds is 2. The molecule has 0 unspecified atom stereocenters. The molecule has 0 bridgehead atoms. The van der Waals surface area contributed by atoms with E-state index in [-0.39, 0.29) is 5.91 Å². The fourth-order valence-electron chi connectivity index (χ4n) is 1.04. The number of nitrogens with one attached hydrogen (secondary N) is 1. The Labute approximate surface area is 77.7 Å². The van der Waals surface area contributed by atoms with Crippen molar-refractivity contribution in [2.24, 2.45) is 0 Å². The summed E-state index contributed by atoms with van der Waals surface area (Å²) < 4.78 is 5.06. The molecule has 1 rings (SSSR count). The van der Waals surface area contributed by atoms with E-state index in [1.807, 2.05) is 6.07 Å². The maximum Gasteiger partial charge on any atom is 0.221 e. The van der Waals surface area contributed by atoms with Gasteiger partial charge in [-0.05, 0) is 24.6 Å². The van der Waals surface area contributed by atoms with Gasteiger partial charge in [-0.2, -0.15) is 0 Å². The summed E-state index contributed by atoms with van der Waals surface area (Å²) in [6, 6.07) is 5.36. The number of hydrogen-bond donors (Lipinski definition) is 1. The van der Waals surface area contributed by atoms with Crippen LogP contribution >= 0.6 is 0 Å². The van der Waals surface area contributed by atoms with Crippen LogP contribution in [0.3, 0.4) is 0 Å². The molecule has 0 heterocycles. The van der Waals surface area contributed by atoms with Crippen LogP contribution in [0.1, 0.15) is 12.5 Å². The van der Waals surface area contributed by atoms with Crippen molar-refractivity contribution in [1.82, 2.24) is 0 Å². The molecule has 3 nitrogen and oxygen atoms in total. The zero-order chi connectivity index (χ0) is 9.84. The number of methoxy groups -OCH3 is 1. The second kappa shape index (κ2) is 3.94. The fraction of sp³-hybridized carbons (Fsp3) is 0.200. The molecule has 1 radical (unpaired) electrons. The Kier molecular flexibility index (Phi) is 2.90. The zero-order valence-corrected chi connectivity index (χ0v) is 7.76. The lowest BCUT2D eigenvalue weighted by atomic mass is 10.2. The summed E-state index contributed by atoms with van der Waals surface area (Å²) >= 11 is 0. The minimum absolute atomic E-state index is 0.121. The number of benzene rings is 1. The van der Waals surface area contributed by atoms with Crippen molar-refractivity contribution >= 4 is 11.6 Å². The highest BCUT2D eigenvalue weighted by atomic mass is 16.5. The Balaban J connectivity index is 3.01. The molecule has 69 valence electrons. The second-order valence-corrected chi connectivity index (χ2v) is 2.72. The third kappa shape index (κ3) is 2.47. The van der Waals surface area contributed by atoms with Crippen LogP contribution in [-0.2, 0) is 4.79 Å². The van der Waals surface area contributed by atoms with Crippen molar-refractivity contribution in [2.45, 2.75) is 6.92 Å². The van der Waals surface area contributed by atoms with Crippen molar-refractivity contribution in [1.29, 1.82) is 0 Å². The Morgan fingerprint density at radius 2 is 2.23 bits per heavy atom. The van der Waals surface area contributed by atoms with Crippen molar-refractivity contribution in [3.05, 3.63) is 30.7 Å². The molecule has 0 saturated heterocycles. The van der Waals surface area contributed by atoms with Gasteiger partial charge in [-0.3, -0.25) is 4.79 Å². The SMILES string of the molecule is [CH2]c1ccc(OC)c(NC(C)=O)c1. The smallest absolute Gasteiger partial charge is 0.221 e. The maximum atomic E-state index is 10.8. The van der Waals surface area contributed by atoms with Gasteiger partial charge >= 0.3 is 0 Å². The fourth-order valence-corrected chi connectivity index (χ4v) is 1.04. The van der Waals surface area contributed by atoms with E-state index in [0.717, 1.165) is 5.56 Å². The number of amides is 1. The van der Waals surface area contributed by atoms with E-state index in [4.69, 9.17) is 4.74 Å². The molecule has 1 N–H and O–H groups in total. The molecule has 0 aliphatic carbocycles. The van der Waals surface area contributed by atoms with Crippen molar-refractivity contribution < 1.29 is 9.53 Å². The predicted octanol–water partition coefficient (Wildman–Crippen LogP) is 1.84. The van der Waals surface area contributed by atoms with Gasteiger partial charge in [0.15, 0.2) is 0 Å². The Hall–Kier alpha value is -1.51. The normalized spacial score (nSPS) is 9.46. The Morgan fingerprint density at radius 3 is 2.77 bits per heavy atom. The van der Waals surface area contributed by atoms with E-state index in [1.165, 1.54) is 6.92 Å². The second-order valence-electron chi connectivity index (χ2n) is 2.72. The molecule has 0 atom stereocenters. The van der Waals surface area contributed by atoms with Gasteiger partial charge in [0.1, 0.15) is 5.75 Å². The molecule has 0 spiro atoms. The first-order chi connectivity index (χ1) is 6.13. The van der Waals surface area contributed by atoms with Gasteiger partial charge in [-0.1, -0.05) is 6.07 Å². The van der Waals surface area contributed by atoms with Crippen molar-refractivity contribution in [3.8, 4) is 5.75 Å². The van der Waals surface area contributed by atoms with Crippen LogP contribution < -0.4 is 10.1 Å². The minimum Gasteiger partial charge on any atom is -0.495 e. The molecule has 0 aromatic heterocycles. The molecule has 0 aliphatic rings. The molecule has 0 saturated carbocycles. The molecule has 1 aromatic rings. The summed E-state index contributed by atoms with van der Waals surface area (Å²) in [4.78, 5) is 10.8. The van der Waals surface area contributed by atoms with Crippen LogP contribution in [0.25, 0.3) is 0 Å². The number of carbonyl (C=O) groups excluding carboxylic acids is 1. The van der Waals surface area contributed by atoms with E-state index in [2.05, 4.69) is 12.2 Å². The van der Waals surface area contributed by atoms with Crippen LogP contribution in [0.4, 0.5) is 5.69 Å². The largest absolute Gasteiger partial charge is 0.495 e. The highest BCUT2D eigenvalue weighted by molar-refractivity contribution is 5.90.